The highest BCUT2D eigenvalue weighted by Crippen LogP contribution is 2.23. The highest BCUT2D eigenvalue weighted by Gasteiger charge is 2.18. The number of aromatic hydroxyl groups is 1. The lowest BCUT2D eigenvalue weighted by atomic mass is 10.2. The molecule has 2 heteroatoms. The van der Waals surface area contributed by atoms with Crippen molar-refractivity contribution >= 4 is 6.21 Å². The van der Waals surface area contributed by atoms with E-state index in [2.05, 4.69) is 4.99 Å². The van der Waals surface area contributed by atoms with E-state index < -0.39 is 0 Å². The number of para-hydroxylation sites is 1. The summed E-state index contributed by atoms with van der Waals surface area (Å²) in [5.41, 5.74) is 0.810. The van der Waals surface area contributed by atoms with Gasteiger partial charge in [0.2, 0.25) is 0 Å². The van der Waals surface area contributed by atoms with Crippen LogP contribution in [0.3, 0.4) is 0 Å². The highest BCUT2D eigenvalue weighted by atomic mass is 16.3. The summed E-state index contributed by atoms with van der Waals surface area (Å²) in [5.74, 6) is 0.307. The molecule has 0 aliphatic heterocycles. The predicted octanol–water partition coefficient (Wildman–Crippen LogP) is 1.97. The molecule has 0 amide bonds. The fourth-order valence-electron chi connectivity index (χ4n) is 1.01. The smallest absolute Gasteiger partial charge is 0.124 e. The Morgan fingerprint density at radius 1 is 1.33 bits per heavy atom. The zero-order valence-corrected chi connectivity index (χ0v) is 6.77. The summed E-state index contributed by atoms with van der Waals surface area (Å²) >= 11 is 0. The molecule has 1 saturated carbocycles. The normalized spacial score (nSPS) is 17.0. The van der Waals surface area contributed by atoms with Crippen molar-refractivity contribution in [2.75, 3.05) is 0 Å². The maximum atomic E-state index is 9.35. The molecule has 0 bridgehead atoms. The van der Waals surface area contributed by atoms with Gasteiger partial charge in [0.05, 0.1) is 6.04 Å². The lowest BCUT2D eigenvalue weighted by Gasteiger charge is -1.95. The maximum Gasteiger partial charge on any atom is 0.124 e. The molecule has 0 atom stereocenters. The molecule has 62 valence electrons. The first-order valence-electron chi connectivity index (χ1n) is 4.17. The molecule has 0 spiro atoms. The van der Waals surface area contributed by atoms with E-state index in [0.29, 0.717) is 11.8 Å². The standard InChI is InChI=1S/C10H11NO/c12-10-4-2-1-3-8(10)7-11-9-5-6-9/h1-4,7,9,12H,5-6H2. The Balaban J connectivity index is 2.15. The first-order chi connectivity index (χ1) is 5.86. The summed E-state index contributed by atoms with van der Waals surface area (Å²) in [6, 6.07) is 7.76. The van der Waals surface area contributed by atoms with Crippen LogP contribution >= 0.6 is 0 Å². The van der Waals surface area contributed by atoms with E-state index in [4.69, 9.17) is 0 Å². The van der Waals surface area contributed by atoms with Crippen LogP contribution in [0.2, 0.25) is 0 Å². The number of phenolic OH excluding ortho intramolecular Hbond substituents is 1. The van der Waals surface area contributed by atoms with Gasteiger partial charge in [-0.05, 0) is 25.0 Å². The third kappa shape index (κ3) is 1.64. The third-order valence-electron chi connectivity index (χ3n) is 1.91. The quantitative estimate of drug-likeness (QED) is 0.661. The summed E-state index contributed by atoms with van der Waals surface area (Å²) in [5, 5.41) is 9.35. The van der Waals surface area contributed by atoms with Crippen molar-refractivity contribution in [2.45, 2.75) is 18.9 Å². The number of hydrogen-bond acceptors (Lipinski definition) is 2. The minimum absolute atomic E-state index is 0.307. The fourth-order valence-corrected chi connectivity index (χ4v) is 1.01. The molecule has 0 heterocycles. The molecule has 0 aromatic heterocycles. The first kappa shape index (κ1) is 7.35. The van der Waals surface area contributed by atoms with Gasteiger partial charge in [-0.1, -0.05) is 12.1 Å². The third-order valence-corrected chi connectivity index (χ3v) is 1.91. The second-order valence-corrected chi connectivity index (χ2v) is 3.07. The number of rotatable bonds is 2. The second kappa shape index (κ2) is 2.97. The molecule has 2 rings (SSSR count). The average molecular weight is 161 g/mol. The molecule has 1 N–H and O–H groups in total. The highest BCUT2D eigenvalue weighted by molar-refractivity contribution is 5.83. The molecule has 12 heavy (non-hydrogen) atoms. The van der Waals surface area contributed by atoms with Crippen LogP contribution in [-0.2, 0) is 0 Å². The molecule has 0 radical (unpaired) electrons. The van der Waals surface area contributed by atoms with Crippen molar-refractivity contribution in [3.63, 3.8) is 0 Å². The van der Waals surface area contributed by atoms with Crippen LogP contribution in [0.15, 0.2) is 29.3 Å². The Hall–Kier alpha value is -1.31. The summed E-state index contributed by atoms with van der Waals surface area (Å²) < 4.78 is 0. The molecular formula is C10H11NO. The van der Waals surface area contributed by atoms with Crippen LogP contribution in [0.1, 0.15) is 18.4 Å². The molecular weight excluding hydrogens is 150 g/mol. The fraction of sp³-hybridized carbons (Fsp3) is 0.300. The molecule has 0 unspecified atom stereocenters. The maximum absolute atomic E-state index is 9.35. The van der Waals surface area contributed by atoms with Gasteiger partial charge in [0.1, 0.15) is 5.75 Å². The summed E-state index contributed by atoms with van der Waals surface area (Å²) in [7, 11) is 0. The average Bonchev–Trinajstić information content (AvgIpc) is 2.86. The number of hydrogen-bond donors (Lipinski definition) is 1. The topological polar surface area (TPSA) is 32.6 Å². The zero-order chi connectivity index (χ0) is 8.39. The van der Waals surface area contributed by atoms with Crippen molar-refractivity contribution in [1.29, 1.82) is 0 Å². The van der Waals surface area contributed by atoms with Crippen LogP contribution in [0.4, 0.5) is 0 Å². The van der Waals surface area contributed by atoms with Gasteiger partial charge in [-0.2, -0.15) is 0 Å². The van der Waals surface area contributed by atoms with Crippen LogP contribution < -0.4 is 0 Å². The predicted molar refractivity (Wildman–Crippen MR) is 48.7 cm³/mol. The van der Waals surface area contributed by atoms with Gasteiger partial charge < -0.3 is 5.11 Å². The molecule has 1 aromatic rings. The SMILES string of the molecule is Oc1ccccc1C=NC1CC1. The van der Waals surface area contributed by atoms with E-state index in [1.54, 1.807) is 12.3 Å². The van der Waals surface area contributed by atoms with Crippen molar-refractivity contribution in [3.05, 3.63) is 29.8 Å². The number of nitrogens with zero attached hydrogens (tertiary/aromatic N) is 1. The van der Waals surface area contributed by atoms with E-state index in [1.165, 1.54) is 12.8 Å². The van der Waals surface area contributed by atoms with Gasteiger partial charge in [0.25, 0.3) is 0 Å². The van der Waals surface area contributed by atoms with Crippen molar-refractivity contribution in [2.24, 2.45) is 4.99 Å². The Bertz CT molecular complexity index is 302. The Labute approximate surface area is 71.6 Å². The minimum atomic E-state index is 0.307. The number of benzene rings is 1. The van der Waals surface area contributed by atoms with Crippen LogP contribution in [0.5, 0.6) is 5.75 Å². The van der Waals surface area contributed by atoms with Crippen LogP contribution in [0.25, 0.3) is 0 Å². The minimum Gasteiger partial charge on any atom is -0.507 e. The summed E-state index contributed by atoms with van der Waals surface area (Å²) in [6.07, 6.45) is 4.15. The summed E-state index contributed by atoms with van der Waals surface area (Å²) in [6.45, 7) is 0. The molecule has 2 nitrogen and oxygen atoms in total. The molecule has 1 fully saturated rings. The monoisotopic (exact) mass is 161 g/mol. The van der Waals surface area contributed by atoms with Gasteiger partial charge >= 0.3 is 0 Å². The van der Waals surface area contributed by atoms with E-state index in [-0.39, 0.29) is 0 Å². The van der Waals surface area contributed by atoms with Crippen molar-refractivity contribution in [1.82, 2.24) is 0 Å². The Morgan fingerprint density at radius 3 is 2.75 bits per heavy atom. The van der Waals surface area contributed by atoms with E-state index >= 15 is 0 Å². The van der Waals surface area contributed by atoms with Gasteiger partial charge in [0, 0.05) is 11.8 Å². The summed E-state index contributed by atoms with van der Waals surface area (Å²) in [4.78, 5) is 4.28. The number of aliphatic imine (C=N–C) groups is 1. The Kier molecular flexibility index (Phi) is 1.82. The van der Waals surface area contributed by atoms with E-state index in [9.17, 15) is 5.11 Å². The zero-order valence-electron chi connectivity index (χ0n) is 6.77. The van der Waals surface area contributed by atoms with E-state index in [1.807, 2.05) is 18.2 Å². The lowest BCUT2D eigenvalue weighted by molar-refractivity contribution is 0.474. The Morgan fingerprint density at radius 2 is 2.08 bits per heavy atom. The van der Waals surface area contributed by atoms with Gasteiger partial charge in [-0.15, -0.1) is 0 Å². The van der Waals surface area contributed by atoms with Crippen LogP contribution in [0, 0.1) is 0 Å². The van der Waals surface area contributed by atoms with E-state index in [0.717, 1.165) is 5.56 Å². The molecule has 1 aromatic carbocycles. The molecule has 1 aliphatic rings. The molecule has 0 saturated heterocycles. The van der Waals surface area contributed by atoms with Gasteiger partial charge in [-0.3, -0.25) is 4.99 Å². The van der Waals surface area contributed by atoms with Gasteiger partial charge in [-0.25, -0.2) is 0 Å². The largest absolute Gasteiger partial charge is 0.507 e. The van der Waals surface area contributed by atoms with Crippen LogP contribution in [-0.4, -0.2) is 17.4 Å². The number of phenols is 1. The van der Waals surface area contributed by atoms with Gasteiger partial charge in [0.15, 0.2) is 0 Å². The lowest BCUT2D eigenvalue weighted by Crippen LogP contribution is -1.83. The second-order valence-electron chi connectivity index (χ2n) is 3.07. The molecule has 1 aliphatic carbocycles. The van der Waals surface area contributed by atoms with Crippen molar-refractivity contribution < 1.29 is 5.11 Å². The first-order valence-corrected chi connectivity index (χ1v) is 4.17. The van der Waals surface area contributed by atoms with Crippen molar-refractivity contribution in [3.8, 4) is 5.75 Å².